The third-order valence-electron chi connectivity index (χ3n) is 3.62. The van der Waals surface area contributed by atoms with Gasteiger partial charge in [0.25, 0.3) is 0 Å². The first-order valence-electron chi connectivity index (χ1n) is 8.22. The summed E-state index contributed by atoms with van der Waals surface area (Å²) in [4.78, 5) is 47.2. The number of amides is 3. The second kappa shape index (κ2) is 12.5. The fourth-order valence-electron chi connectivity index (χ4n) is 1.85. The highest BCUT2D eigenvalue weighted by atomic mass is 32.2. The number of hydrogen-bond donors (Lipinski definition) is 7. The molecule has 0 radical (unpaired) electrons. The Labute approximate surface area is 161 Å². The zero-order valence-electron chi connectivity index (χ0n) is 15.5. The highest BCUT2D eigenvalue weighted by molar-refractivity contribution is 7.98. The van der Waals surface area contributed by atoms with Crippen LogP contribution >= 0.6 is 11.8 Å². The standard InChI is InChI=1S/C15H28N4O7S/c1-7(17-14(24)11(16)8(2)21)12(22)18-9(4-5-27-3)13(23)19-10(6-20)15(25)26/h7-11,20-21H,4-6,16H2,1-3H3,(H,17,24)(H,18,22)(H,19,23)(H,25,26). The van der Waals surface area contributed by atoms with Gasteiger partial charge in [0.05, 0.1) is 12.7 Å². The van der Waals surface area contributed by atoms with Crippen molar-refractivity contribution in [3.8, 4) is 0 Å². The summed E-state index contributed by atoms with van der Waals surface area (Å²) in [7, 11) is 0. The molecule has 11 nitrogen and oxygen atoms in total. The lowest BCUT2D eigenvalue weighted by Crippen LogP contribution is -2.57. The Bertz CT molecular complexity index is 532. The molecule has 0 aromatic heterocycles. The van der Waals surface area contributed by atoms with E-state index in [0.717, 1.165) is 0 Å². The maximum atomic E-state index is 12.3. The molecular weight excluding hydrogens is 380 g/mol. The van der Waals surface area contributed by atoms with Gasteiger partial charge < -0.3 is 37.0 Å². The summed E-state index contributed by atoms with van der Waals surface area (Å²) < 4.78 is 0. The van der Waals surface area contributed by atoms with Crippen LogP contribution in [0.4, 0.5) is 0 Å². The number of nitrogens with one attached hydrogen (secondary N) is 3. The Hall–Kier alpha value is -1.89. The fraction of sp³-hybridized carbons (Fsp3) is 0.733. The van der Waals surface area contributed by atoms with Crippen molar-refractivity contribution in [3.05, 3.63) is 0 Å². The van der Waals surface area contributed by atoms with Crippen LogP contribution in [-0.4, -0.2) is 87.9 Å². The quantitative estimate of drug-likeness (QED) is 0.176. The van der Waals surface area contributed by atoms with Crippen molar-refractivity contribution >= 4 is 35.5 Å². The molecule has 27 heavy (non-hydrogen) atoms. The third kappa shape index (κ3) is 9.04. The number of rotatable bonds is 12. The first-order valence-corrected chi connectivity index (χ1v) is 9.61. The van der Waals surface area contributed by atoms with Crippen LogP contribution in [0.3, 0.4) is 0 Å². The van der Waals surface area contributed by atoms with Gasteiger partial charge in [0, 0.05) is 0 Å². The highest BCUT2D eigenvalue weighted by Gasteiger charge is 2.28. The average molecular weight is 408 g/mol. The Kier molecular flexibility index (Phi) is 11.6. The van der Waals surface area contributed by atoms with Crippen LogP contribution in [0.5, 0.6) is 0 Å². The molecule has 156 valence electrons. The average Bonchev–Trinajstić information content (AvgIpc) is 2.61. The van der Waals surface area contributed by atoms with Crippen molar-refractivity contribution in [1.29, 1.82) is 0 Å². The van der Waals surface area contributed by atoms with E-state index in [1.165, 1.54) is 25.6 Å². The summed E-state index contributed by atoms with van der Waals surface area (Å²) in [6, 6.07) is -4.80. The number of nitrogens with two attached hydrogens (primary N) is 1. The van der Waals surface area contributed by atoms with Crippen molar-refractivity contribution in [2.45, 2.75) is 50.5 Å². The molecule has 0 fully saturated rings. The number of carbonyl (C=O) groups excluding carboxylic acids is 3. The SMILES string of the molecule is CSCCC(NC(=O)C(C)NC(=O)C(N)C(C)O)C(=O)NC(CO)C(=O)O. The monoisotopic (exact) mass is 408 g/mol. The molecule has 0 heterocycles. The molecule has 0 aliphatic rings. The molecule has 0 rings (SSSR count). The molecule has 3 amide bonds. The maximum absolute atomic E-state index is 12.3. The number of aliphatic hydroxyl groups excluding tert-OH is 2. The predicted octanol–water partition coefficient (Wildman–Crippen LogP) is -3.00. The summed E-state index contributed by atoms with van der Waals surface area (Å²) in [5, 5.41) is 34.1. The van der Waals surface area contributed by atoms with Gasteiger partial charge in [-0.05, 0) is 32.3 Å². The normalized spacial score (nSPS) is 16.4. The van der Waals surface area contributed by atoms with Crippen molar-refractivity contribution in [2.24, 2.45) is 5.73 Å². The summed E-state index contributed by atoms with van der Waals surface area (Å²) in [6.07, 6.45) is 0.904. The molecular formula is C15H28N4O7S. The van der Waals surface area contributed by atoms with E-state index in [1.807, 2.05) is 0 Å². The number of aliphatic carboxylic acids is 1. The minimum Gasteiger partial charge on any atom is -0.480 e. The van der Waals surface area contributed by atoms with Crippen molar-refractivity contribution < 1.29 is 34.5 Å². The van der Waals surface area contributed by atoms with E-state index >= 15 is 0 Å². The molecule has 12 heteroatoms. The van der Waals surface area contributed by atoms with Gasteiger partial charge in [-0.3, -0.25) is 14.4 Å². The molecule has 0 saturated carbocycles. The van der Waals surface area contributed by atoms with Crippen molar-refractivity contribution in [1.82, 2.24) is 16.0 Å². The van der Waals surface area contributed by atoms with Gasteiger partial charge in [-0.2, -0.15) is 11.8 Å². The largest absolute Gasteiger partial charge is 0.480 e. The van der Waals surface area contributed by atoms with Crippen LogP contribution in [0.15, 0.2) is 0 Å². The van der Waals surface area contributed by atoms with E-state index in [4.69, 9.17) is 15.9 Å². The number of carboxylic acids is 1. The van der Waals surface area contributed by atoms with Gasteiger partial charge in [-0.25, -0.2) is 4.79 Å². The zero-order chi connectivity index (χ0) is 21.1. The van der Waals surface area contributed by atoms with E-state index in [0.29, 0.717) is 5.75 Å². The molecule has 8 N–H and O–H groups in total. The first kappa shape index (κ1) is 25.1. The number of aliphatic hydroxyl groups is 2. The molecule has 0 saturated heterocycles. The molecule has 5 atom stereocenters. The van der Waals surface area contributed by atoms with Crippen LogP contribution in [-0.2, 0) is 19.2 Å². The number of carbonyl (C=O) groups is 4. The summed E-state index contributed by atoms with van der Waals surface area (Å²) in [6.45, 7) is 1.91. The summed E-state index contributed by atoms with van der Waals surface area (Å²) >= 11 is 1.42. The second-order valence-electron chi connectivity index (χ2n) is 5.92. The minimum atomic E-state index is -1.49. The Morgan fingerprint density at radius 3 is 2.00 bits per heavy atom. The van der Waals surface area contributed by atoms with E-state index in [9.17, 15) is 24.3 Å². The van der Waals surface area contributed by atoms with Gasteiger partial charge in [0.15, 0.2) is 0 Å². The van der Waals surface area contributed by atoms with E-state index in [1.54, 1.807) is 6.26 Å². The lowest BCUT2D eigenvalue weighted by molar-refractivity contribution is -0.143. The third-order valence-corrected chi connectivity index (χ3v) is 4.26. The van der Waals surface area contributed by atoms with Crippen molar-refractivity contribution in [2.75, 3.05) is 18.6 Å². The lowest BCUT2D eigenvalue weighted by atomic mass is 10.1. The molecule has 0 aromatic carbocycles. The topological polar surface area (TPSA) is 191 Å². The fourth-order valence-corrected chi connectivity index (χ4v) is 2.32. The van der Waals surface area contributed by atoms with Gasteiger partial charge >= 0.3 is 5.97 Å². The number of hydrogen-bond acceptors (Lipinski definition) is 8. The van der Waals surface area contributed by atoms with Gasteiger partial charge in [-0.15, -0.1) is 0 Å². The van der Waals surface area contributed by atoms with E-state index in [2.05, 4.69) is 16.0 Å². The molecule has 0 bridgehead atoms. The van der Waals surface area contributed by atoms with Crippen LogP contribution < -0.4 is 21.7 Å². The smallest absolute Gasteiger partial charge is 0.328 e. The lowest BCUT2D eigenvalue weighted by Gasteiger charge is -2.23. The first-order chi connectivity index (χ1) is 12.5. The van der Waals surface area contributed by atoms with Crippen LogP contribution in [0, 0.1) is 0 Å². The number of carboxylic acid groups (broad SMARTS) is 1. The summed E-state index contributed by atoms with van der Waals surface area (Å²) in [5.74, 6) is -3.09. The maximum Gasteiger partial charge on any atom is 0.328 e. The second-order valence-corrected chi connectivity index (χ2v) is 6.91. The predicted molar refractivity (Wildman–Crippen MR) is 98.8 cm³/mol. The van der Waals surface area contributed by atoms with E-state index < -0.39 is 60.6 Å². The Morgan fingerprint density at radius 1 is 1.00 bits per heavy atom. The van der Waals surface area contributed by atoms with Crippen molar-refractivity contribution in [3.63, 3.8) is 0 Å². The zero-order valence-corrected chi connectivity index (χ0v) is 16.3. The van der Waals surface area contributed by atoms with Gasteiger partial charge in [0.1, 0.15) is 24.2 Å². The molecule has 0 spiro atoms. The van der Waals surface area contributed by atoms with Crippen LogP contribution in [0.2, 0.25) is 0 Å². The van der Waals surface area contributed by atoms with Gasteiger partial charge in [0.2, 0.25) is 17.7 Å². The Morgan fingerprint density at radius 2 is 1.56 bits per heavy atom. The summed E-state index contributed by atoms with van der Waals surface area (Å²) in [5.41, 5.74) is 5.48. The molecule has 0 aliphatic heterocycles. The van der Waals surface area contributed by atoms with Crippen LogP contribution in [0.25, 0.3) is 0 Å². The van der Waals surface area contributed by atoms with E-state index in [-0.39, 0.29) is 6.42 Å². The highest BCUT2D eigenvalue weighted by Crippen LogP contribution is 2.03. The minimum absolute atomic E-state index is 0.213. The Balaban J connectivity index is 4.95. The molecule has 5 unspecified atom stereocenters. The number of thioether (sulfide) groups is 1. The van der Waals surface area contributed by atoms with Gasteiger partial charge in [-0.1, -0.05) is 0 Å². The molecule has 0 aliphatic carbocycles. The molecule has 0 aromatic rings. The van der Waals surface area contributed by atoms with Crippen LogP contribution in [0.1, 0.15) is 20.3 Å².